The van der Waals surface area contributed by atoms with Gasteiger partial charge in [-0.05, 0) is 26.2 Å². The standard InChI is InChI=1S/C11H20O3/c1-8(2)6-7-13-10(5)14-11(12)9(3)4/h8,10H,3,6-7H2,1-2,4-5H3. The third-order valence-corrected chi connectivity index (χ3v) is 1.67. The van der Waals surface area contributed by atoms with Crippen LogP contribution in [0.4, 0.5) is 0 Å². The van der Waals surface area contributed by atoms with Crippen LogP contribution < -0.4 is 0 Å². The molecule has 14 heavy (non-hydrogen) atoms. The van der Waals surface area contributed by atoms with Crippen LogP contribution in [0.3, 0.4) is 0 Å². The van der Waals surface area contributed by atoms with Gasteiger partial charge in [-0.1, -0.05) is 20.4 Å². The predicted octanol–water partition coefficient (Wildman–Crippen LogP) is 2.51. The number of carbonyl (C=O) groups is 1. The highest BCUT2D eigenvalue weighted by molar-refractivity contribution is 5.86. The third kappa shape index (κ3) is 6.66. The molecule has 1 atom stereocenters. The Kier molecular flexibility index (Phi) is 6.21. The van der Waals surface area contributed by atoms with Crippen LogP contribution in [0.15, 0.2) is 12.2 Å². The van der Waals surface area contributed by atoms with E-state index in [2.05, 4.69) is 20.4 Å². The van der Waals surface area contributed by atoms with Gasteiger partial charge in [0, 0.05) is 5.57 Å². The van der Waals surface area contributed by atoms with Crippen molar-refractivity contribution in [3.05, 3.63) is 12.2 Å². The molecule has 0 amide bonds. The monoisotopic (exact) mass is 200 g/mol. The number of rotatable bonds is 6. The largest absolute Gasteiger partial charge is 0.433 e. The summed E-state index contributed by atoms with van der Waals surface area (Å²) in [4.78, 5) is 11.0. The number of esters is 1. The van der Waals surface area contributed by atoms with Crippen molar-refractivity contribution in [1.29, 1.82) is 0 Å². The average Bonchev–Trinajstić information content (AvgIpc) is 2.02. The van der Waals surface area contributed by atoms with Gasteiger partial charge in [-0.25, -0.2) is 4.79 Å². The fourth-order valence-electron chi connectivity index (χ4n) is 0.755. The van der Waals surface area contributed by atoms with Crippen LogP contribution in [-0.2, 0) is 14.3 Å². The minimum Gasteiger partial charge on any atom is -0.433 e. The minimum absolute atomic E-state index is 0.393. The molecule has 0 aromatic carbocycles. The van der Waals surface area contributed by atoms with E-state index in [1.807, 2.05) is 0 Å². The molecule has 0 heterocycles. The van der Waals surface area contributed by atoms with Crippen LogP contribution >= 0.6 is 0 Å². The lowest BCUT2D eigenvalue weighted by atomic mass is 10.1. The molecule has 0 aromatic heterocycles. The van der Waals surface area contributed by atoms with Gasteiger partial charge in [-0.15, -0.1) is 0 Å². The molecule has 3 nitrogen and oxygen atoms in total. The second kappa shape index (κ2) is 6.60. The molecule has 0 N–H and O–H groups in total. The molecule has 1 unspecified atom stereocenters. The first kappa shape index (κ1) is 13.2. The Hall–Kier alpha value is -0.830. The summed E-state index contributed by atoms with van der Waals surface area (Å²) in [7, 11) is 0. The smallest absolute Gasteiger partial charge is 0.335 e. The van der Waals surface area contributed by atoms with E-state index in [0.29, 0.717) is 18.1 Å². The Bertz CT molecular complexity index is 197. The van der Waals surface area contributed by atoms with E-state index in [0.717, 1.165) is 6.42 Å². The molecule has 82 valence electrons. The predicted molar refractivity (Wildman–Crippen MR) is 55.8 cm³/mol. The van der Waals surface area contributed by atoms with Crippen molar-refractivity contribution >= 4 is 5.97 Å². The van der Waals surface area contributed by atoms with E-state index in [4.69, 9.17) is 9.47 Å². The van der Waals surface area contributed by atoms with E-state index < -0.39 is 12.3 Å². The Morgan fingerprint density at radius 3 is 2.36 bits per heavy atom. The Labute approximate surface area is 86.1 Å². The normalized spacial score (nSPS) is 12.6. The zero-order valence-corrected chi connectivity index (χ0v) is 9.50. The van der Waals surface area contributed by atoms with E-state index in [1.165, 1.54) is 0 Å². The van der Waals surface area contributed by atoms with Crippen molar-refractivity contribution in [1.82, 2.24) is 0 Å². The molecular weight excluding hydrogens is 180 g/mol. The highest BCUT2D eigenvalue weighted by Gasteiger charge is 2.09. The van der Waals surface area contributed by atoms with Gasteiger partial charge in [-0.2, -0.15) is 0 Å². The van der Waals surface area contributed by atoms with Crippen LogP contribution in [0, 0.1) is 5.92 Å². The number of ether oxygens (including phenoxy) is 2. The lowest BCUT2D eigenvalue weighted by Crippen LogP contribution is -2.19. The van der Waals surface area contributed by atoms with Crippen LogP contribution in [0.5, 0.6) is 0 Å². The minimum atomic E-state index is -0.488. The lowest BCUT2D eigenvalue weighted by Gasteiger charge is -2.14. The molecule has 0 bridgehead atoms. The zero-order valence-electron chi connectivity index (χ0n) is 9.50. The van der Waals surface area contributed by atoms with Gasteiger partial charge in [0.25, 0.3) is 0 Å². The number of hydrogen-bond donors (Lipinski definition) is 0. The zero-order chi connectivity index (χ0) is 11.1. The van der Waals surface area contributed by atoms with Crippen LogP contribution in [0.1, 0.15) is 34.1 Å². The first-order chi connectivity index (χ1) is 6.43. The second-order valence-corrected chi connectivity index (χ2v) is 3.81. The lowest BCUT2D eigenvalue weighted by molar-refractivity contribution is -0.170. The summed E-state index contributed by atoms with van der Waals surface area (Å²) in [6.45, 7) is 11.7. The second-order valence-electron chi connectivity index (χ2n) is 3.81. The molecule has 0 rings (SSSR count). The molecule has 0 saturated heterocycles. The number of hydrogen-bond acceptors (Lipinski definition) is 3. The Morgan fingerprint density at radius 2 is 1.93 bits per heavy atom. The summed E-state index contributed by atoms with van der Waals surface area (Å²) in [5.74, 6) is 0.195. The first-order valence-corrected chi connectivity index (χ1v) is 4.91. The molecule has 0 fully saturated rings. The van der Waals surface area contributed by atoms with Gasteiger partial charge < -0.3 is 9.47 Å². The summed E-state index contributed by atoms with van der Waals surface area (Å²) in [5.41, 5.74) is 0.393. The first-order valence-electron chi connectivity index (χ1n) is 4.91. The molecule has 0 spiro atoms. The summed E-state index contributed by atoms with van der Waals surface area (Å²) in [5, 5.41) is 0. The van der Waals surface area contributed by atoms with Gasteiger partial charge >= 0.3 is 5.97 Å². The molecule has 0 aliphatic rings. The fraction of sp³-hybridized carbons (Fsp3) is 0.727. The maximum atomic E-state index is 11.0. The topological polar surface area (TPSA) is 35.5 Å². The van der Waals surface area contributed by atoms with Crippen LogP contribution in [0.25, 0.3) is 0 Å². The van der Waals surface area contributed by atoms with Crippen LogP contribution in [-0.4, -0.2) is 18.9 Å². The summed E-state index contributed by atoms with van der Waals surface area (Å²) in [6, 6.07) is 0. The van der Waals surface area contributed by atoms with Gasteiger partial charge in [0.2, 0.25) is 0 Å². The van der Waals surface area contributed by atoms with E-state index >= 15 is 0 Å². The molecule has 0 aromatic rings. The fourth-order valence-corrected chi connectivity index (χ4v) is 0.755. The number of carbonyl (C=O) groups excluding carboxylic acids is 1. The summed E-state index contributed by atoms with van der Waals surface area (Å²) in [6.07, 6.45) is 0.479. The van der Waals surface area contributed by atoms with Gasteiger partial charge in [-0.3, -0.25) is 0 Å². The van der Waals surface area contributed by atoms with E-state index in [1.54, 1.807) is 13.8 Å². The maximum absolute atomic E-state index is 11.0. The molecule has 0 aliphatic carbocycles. The van der Waals surface area contributed by atoms with Crippen molar-refractivity contribution in [3.63, 3.8) is 0 Å². The maximum Gasteiger partial charge on any atom is 0.335 e. The van der Waals surface area contributed by atoms with E-state index in [9.17, 15) is 4.79 Å². The van der Waals surface area contributed by atoms with Gasteiger partial charge in [0.05, 0.1) is 6.61 Å². The molecule has 0 radical (unpaired) electrons. The van der Waals surface area contributed by atoms with Crippen LogP contribution in [0.2, 0.25) is 0 Å². The molecule has 3 heteroatoms. The highest BCUT2D eigenvalue weighted by atomic mass is 16.7. The van der Waals surface area contributed by atoms with Crippen molar-refractivity contribution < 1.29 is 14.3 Å². The molecule has 0 saturated carbocycles. The SMILES string of the molecule is C=C(C)C(=O)OC(C)OCCC(C)C. The Balaban J connectivity index is 3.60. The van der Waals surface area contributed by atoms with Gasteiger partial charge in [0.1, 0.15) is 0 Å². The summed E-state index contributed by atoms with van der Waals surface area (Å²) >= 11 is 0. The third-order valence-electron chi connectivity index (χ3n) is 1.67. The van der Waals surface area contributed by atoms with Crippen molar-refractivity contribution in [2.75, 3.05) is 6.61 Å². The van der Waals surface area contributed by atoms with E-state index in [-0.39, 0.29) is 0 Å². The average molecular weight is 200 g/mol. The van der Waals surface area contributed by atoms with Crippen molar-refractivity contribution in [2.24, 2.45) is 5.92 Å². The highest BCUT2D eigenvalue weighted by Crippen LogP contribution is 2.04. The quantitative estimate of drug-likeness (QED) is 0.375. The van der Waals surface area contributed by atoms with Crippen molar-refractivity contribution in [2.45, 2.75) is 40.4 Å². The summed E-state index contributed by atoms with van der Waals surface area (Å²) < 4.78 is 10.2. The molecular formula is C11H20O3. The van der Waals surface area contributed by atoms with Gasteiger partial charge in [0.15, 0.2) is 6.29 Å². The Morgan fingerprint density at radius 1 is 1.36 bits per heavy atom. The van der Waals surface area contributed by atoms with Crippen molar-refractivity contribution in [3.8, 4) is 0 Å². The molecule has 0 aliphatic heterocycles.